The molecule has 132 valence electrons. The lowest BCUT2D eigenvalue weighted by Gasteiger charge is -2.42. The zero-order valence-electron chi connectivity index (χ0n) is 14.5. The Bertz CT molecular complexity index is 628. The minimum Gasteiger partial charge on any atom is -0.495 e. The fourth-order valence-corrected chi connectivity index (χ4v) is 3.10. The maximum absolute atomic E-state index is 12.4. The van der Waals surface area contributed by atoms with Crippen molar-refractivity contribution >= 4 is 29.1 Å². The highest BCUT2D eigenvalue weighted by atomic mass is 35.5. The van der Waals surface area contributed by atoms with Gasteiger partial charge in [0.25, 0.3) is 0 Å². The van der Waals surface area contributed by atoms with Crippen molar-refractivity contribution in [2.45, 2.75) is 26.8 Å². The van der Waals surface area contributed by atoms with Crippen molar-refractivity contribution in [3.8, 4) is 5.75 Å². The molecule has 7 heteroatoms. The van der Waals surface area contributed by atoms with Gasteiger partial charge < -0.3 is 15.4 Å². The maximum Gasteiger partial charge on any atom is 0.238 e. The molecular formula is C17H24ClN3O3. The van der Waals surface area contributed by atoms with Gasteiger partial charge >= 0.3 is 0 Å². The van der Waals surface area contributed by atoms with Gasteiger partial charge in [0, 0.05) is 18.3 Å². The summed E-state index contributed by atoms with van der Waals surface area (Å²) in [7, 11) is 1.54. The van der Waals surface area contributed by atoms with Gasteiger partial charge in [0.1, 0.15) is 5.75 Å². The summed E-state index contributed by atoms with van der Waals surface area (Å²) >= 11 is 6.07. The van der Waals surface area contributed by atoms with Crippen molar-refractivity contribution in [2.75, 3.05) is 32.1 Å². The van der Waals surface area contributed by atoms with E-state index < -0.39 is 0 Å². The van der Waals surface area contributed by atoms with Crippen LogP contribution in [-0.2, 0) is 9.59 Å². The van der Waals surface area contributed by atoms with Crippen LogP contribution in [0.1, 0.15) is 20.8 Å². The van der Waals surface area contributed by atoms with E-state index in [2.05, 4.69) is 31.4 Å². The number of ether oxygens (including phenoxy) is 1. The van der Waals surface area contributed by atoms with Gasteiger partial charge in [-0.2, -0.15) is 0 Å². The summed E-state index contributed by atoms with van der Waals surface area (Å²) in [5, 5.41) is 6.11. The van der Waals surface area contributed by atoms with Crippen molar-refractivity contribution < 1.29 is 14.3 Å². The summed E-state index contributed by atoms with van der Waals surface area (Å²) in [6, 6.07) is 5.17. The summed E-state index contributed by atoms with van der Waals surface area (Å²) in [6.07, 6.45) is 0. The molecule has 1 fully saturated rings. The summed E-state index contributed by atoms with van der Waals surface area (Å²) in [5.41, 5.74) is 0.553. The van der Waals surface area contributed by atoms with Crippen LogP contribution in [0.25, 0.3) is 0 Å². The van der Waals surface area contributed by atoms with E-state index in [9.17, 15) is 9.59 Å². The number of amides is 2. The number of nitrogens with one attached hydrogen (secondary N) is 2. The average Bonchev–Trinajstić information content (AvgIpc) is 2.46. The molecule has 1 aromatic carbocycles. The normalized spacial score (nSPS) is 18.9. The summed E-state index contributed by atoms with van der Waals surface area (Å²) in [5.74, 6) is 0.311. The summed E-state index contributed by atoms with van der Waals surface area (Å²) in [6.45, 7) is 7.22. The lowest BCUT2D eigenvalue weighted by Crippen LogP contribution is -2.60. The molecule has 1 aliphatic rings. The predicted octanol–water partition coefficient (Wildman–Crippen LogP) is 2.13. The van der Waals surface area contributed by atoms with Crippen LogP contribution in [-0.4, -0.2) is 49.5 Å². The Morgan fingerprint density at radius 3 is 2.75 bits per heavy atom. The number of rotatable bonds is 4. The molecule has 1 aromatic rings. The molecule has 2 amide bonds. The largest absolute Gasteiger partial charge is 0.495 e. The van der Waals surface area contributed by atoms with Gasteiger partial charge in [-0.15, -0.1) is 0 Å². The molecule has 1 unspecified atom stereocenters. The first-order valence-electron chi connectivity index (χ1n) is 7.85. The minimum atomic E-state index is -0.180. The first-order valence-corrected chi connectivity index (χ1v) is 8.22. The molecule has 0 bridgehead atoms. The highest BCUT2D eigenvalue weighted by Crippen LogP contribution is 2.28. The number of hydrogen-bond donors (Lipinski definition) is 2. The second kappa shape index (κ2) is 7.40. The van der Waals surface area contributed by atoms with Gasteiger partial charge in [0.2, 0.25) is 11.8 Å². The minimum absolute atomic E-state index is 0.0442. The van der Waals surface area contributed by atoms with Crippen LogP contribution in [0.4, 0.5) is 5.69 Å². The Balaban J connectivity index is 2.04. The van der Waals surface area contributed by atoms with Gasteiger partial charge in [-0.25, -0.2) is 0 Å². The number of benzene rings is 1. The first-order chi connectivity index (χ1) is 11.2. The third kappa shape index (κ3) is 4.61. The van der Waals surface area contributed by atoms with Crippen molar-refractivity contribution in [1.29, 1.82) is 0 Å². The molecule has 1 saturated heterocycles. The van der Waals surface area contributed by atoms with E-state index in [0.717, 1.165) is 0 Å². The number of carbonyl (C=O) groups is 2. The van der Waals surface area contributed by atoms with E-state index in [1.807, 2.05) is 4.90 Å². The average molecular weight is 354 g/mol. The summed E-state index contributed by atoms with van der Waals surface area (Å²) < 4.78 is 5.09. The molecule has 1 heterocycles. The zero-order chi connectivity index (χ0) is 17.9. The van der Waals surface area contributed by atoms with E-state index in [0.29, 0.717) is 23.0 Å². The third-order valence-electron chi connectivity index (χ3n) is 4.06. The number of carbonyl (C=O) groups excluding carboxylic acids is 2. The molecule has 2 rings (SSSR count). The number of nitrogens with zero attached hydrogens (tertiary/aromatic N) is 1. The summed E-state index contributed by atoms with van der Waals surface area (Å²) in [4.78, 5) is 26.0. The van der Waals surface area contributed by atoms with Crippen LogP contribution >= 0.6 is 11.6 Å². The molecule has 0 spiro atoms. The van der Waals surface area contributed by atoms with Gasteiger partial charge in [-0.05, 0) is 23.6 Å². The molecule has 0 saturated carbocycles. The Morgan fingerprint density at radius 2 is 2.17 bits per heavy atom. The second-order valence-corrected chi connectivity index (χ2v) is 7.40. The molecule has 2 N–H and O–H groups in total. The monoisotopic (exact) mass is 353 g/mol. The van der Waals surface area contributed by atoms with Crippen molar-refractivity contribution in [1.82, 2.24) is 10.2 Å². The van der Waals surface area contributed by atoms with Crippen LogP contribution in [0, 0.1) is 5.41 Å². The SMILES string of the molecule is COc1ccc(NC(=O)CN2CC(=O)NCC2C(C)(C)C)cc1Cl. The van der Waals surface area contributed by atoms with Crippen molar-refractivity contribution in [3.05, 3.63) is 23.2 Å². The molecule has 1 aliphatic heterocycles. The van der Waals surface area contributed by atoms with E-state index in [-0.39, 0.29) is 36.4 Å². The lowest BCUT2D eigenvalue weighted by molar-refractivity contribution is -0.129. The van der Waals surface area contributed by atoms with E-state index in [1.54, 1.807) is 18.2 Å². The van der Waals surface area contributed by atoms with Gasteiger partial charge in [0.15, 0.2) is 0 Å². The fourth-order valence-electron chi connectivity index (χ4n) is 2.84. The highest BCUT2D eigenvalue weighted by molar-refractivity contribution is 6.32. The van der Waals surface area contributed by atoms with Crippen LogP contribution in [0.3, 0.4) is 0 Å². The second-order valence-electron chi connectivity index (χ2n) is 6.99. The maximum atomic E-state index is 12.4. The Kier molecular flexibility index (Phi) is 5.72. The molecule has 6 nitrogen and oxygen atoms in total. The third-order valence-corrected chi connectivity index (χ3v) is 4.36. The van der Waals surface area contributed by atoms with Crippen LogP contribution in [0.15, 0.2) is 18.2 Å². The van der Waals surface area contributed by atoms with Gasteiger partial charge in [-0.3, -0.25) is 14.5 Å². The molecule has 0 radical (unpaired) electrons. The Morgan fingerprint density at radius 1 is 1.46 bits per heavy atom. The van der Waals surface area contributed by atoms with Crippen molar-refractivity contribution in [3.63, 3.8) is 0 Å². The Labute approximate surface area is 147 Å². The molecule has 24 heavy (non-hydrogen) atoms. The zero-order valence-corrected chi connectivity index (χ0v) is 15.2. The van der Waals surface area contributed by atoms with Crippen LogP contribution < -0.4 is 15.4 Å². The lowest BCUT2D eigenvalue weighted by atomic mass is 9.84. The molecule has 1 atom stereocenters. The number of methoxy groups -OCH3 is 1. The number of hydrogen-bond acceptors (Lipinski definition) is 4. The molecule has 0 aromatic heterocycles. The van der Waals surface area contributed by atoms with Crippen LogP contribution in [0.2, 0.25) is 5.02 Å². The van der Waals surface area contributed by atoms with Gasteiger partial charge in [-0.1, -0.05) is 32.4 Å². The first kappa shape index (κ1) is 18.5. The fraction of sp³-hybridized carbons (Fsp3) is 0.529. The predicted molar refractivity (Wildman–Crippen MR) is 94.5 cm³/mol. The van der Waals surface area contributed by atoms with E-state index in [1.165, 1.54) is 7.11 Å². The Hall–Kier alpha value is -1.79. The molecular weight excluding hydrogens is 330 g/mol. The topological polar surface area (TPSA) is 70.7 Å². The van der Waals surface area contributed by atoms with Crippen LogP contribution in [0.5, 0.6) is 5.75 Å². The highest BCUT2D eigenvalue weighted by Gasteiger charge is 2.35. The number of halogens is 1. The van der Waals surface area contributed by atoms with E-state index in [4.69, 9.17) is 16.3 Å². The smallest absolute Gasteiger partial charge is 0.238 e. The van der Waals surface area contributed by atoms with E-state index >= 15 is 0 Å². The van der Waals surface area contributed by atoms with Crippen molar-refractivity contribution in [2.24, 2.45) is 5.41 Å². The molecule has 0 aliphatic carbocycles. The standard InChI is InChI=1S/C17H24ClN3O3/c1-17(2,3)14-8-19-15(22)9-21(14)10-16(23)20-11-5-6-13(24-4)12(18)7-11/h5-7,14H,8-10H2,1-4H3,(H,19,22)(H,20,23). The number of piperazine rings is 1. The number of anilines is 1. The quantitative estimate of drug-likeness (QED) is 0.870. The van der Waals surface area contributed by atoms with Gasteiger partial charge in [0.05, 0.1) is 25.2 Å².